The van der Waals surface area contributed by atoms with Gasteiger partial charge >= 0.3 is 0 Å². The van der Waals surface area contributed by atoms with Gasteiger partial charge in [-0.15, -0.1) is 0 Å². The van der Waals surface area contributed by atoms with Crippen molar-refractivity contribution in [1.29, 1.82) is 0 Å². The Hall–Kier alpha value is -9.44. The monoisotopic (exact) mass is 1410 g/mol. The second-order valence-corrected chi connectivity index (χ2v) is 33.7. The van der Waals surface area contributed by atoms with E-state index in [4.69, 9.17) is 19.9 Å². The van der Waals surface area contributed by atoms with E-state index in [-0.39, 0.29) is 21.7 Å². The molecule has 108 heavy (non-hydrogen) atoms. The molecule has 0 saturated heterocycles. The van der Waals surface area contributed by atoms with Gasteiger partial charge in [0, 0.05) is 54.8 Å². The highest BCUT2D eigenvalue weighted by molar-refractivity contribution is 6.00. The molecule has 12 saturated carbocycles. The van der Waals surface area contributed by atoms with Gasteiger partial charge in [0.05, 0.1) is 67.7 Å². The van der Waals surface area contributed by atoms with Crippen molar-refractivity contribution in [2.75, 3.05) is 0 Å². The fourth-order valence-corrected chi connectivity index (χ4v) is 27.4. The lowest BCUT2D eigenvalue weighted by molar-refractivity contribution is -0.624. The number of rotatable bonds is 16. The van der Waals surface area contributed by atoms with E-state index in [0.717, 1.165) is 193 Å². The van der Waals surface area contributed by atoms with Crippen LogP contribution in [0.2, 0.25) is 0 Å². The first-order valence-electron chi connectivity index (χ1n) is 42.4. The molecule has 16 aliphatic rings. The highest BCUT2D eigenvalue weighted by atomic mass is 15.1. The summed E-state index contributed by atoms with van der Waals surface area (Å²) in [5, 5.41) is 0. The highest BCUT2D eigenvalue weighted by Gasteiger charge is 3.11. The second kappa shape index (κ2) is 24.0. The lowest BCUT2D eigenvalue weighted by Gasteiger charge is -3.09. The molecule has 12 aliphatic carbocycles. The molecule has 0 amide bonds. The maximum atomic E-state index is 5.68. The summed E-state index contributed by atoms with van der Waals surface area (Å²) in [5.74, 6) is 53.0. The number of aromatic nitrogens is 8. The first-order valence-corrected chi connectivity index (χ1v) is 42.4. The molecule has 22 rings (SSSR count). The van der Waals surface area contributed by atoms with E-state index >= 15 is 0 Å². The summed E-state index contributed by atoms with van der Waals surface area (Å²) in [6.07, 6.45) is 14.5. The van der Waals surface area contributed by atoms with Crippen LogP contribution < -0.4 is 0 Å². The van der Waals surface area contributed by atoms with Crippen molar-refractivity contribution in [3.63, 3.8) is 0 Å². The van der Waals surface area contributed by atoms with E-state index in [1.54, 1.807) is 0 Å². The quantitative estimate of drug-likeness (QED) is 0.0723. The van der Waals surface area contributed by atoms with E-state index < -0.39 is 0 Å². The van der Waals surface area contributed by atoms with Crippen molar-refractivity contribution in [3.8, 4) is 71.0 Å². The number of nitrogens with one attached hydrogen (secondary N) is 4. The number of aryl methyl sites for hydroxylation is 8. The normalized spacial score (nSPS) is 29.8. The number of allylic oxidation sites excluding steroid dienone is 8. The number of fused-ring (bicyclic) bond motifs is 16. The van der Waals surface area contributed by atoms with Crippen LogP contribution in [0.25, 0.3) is 88.7 Å². The molecule has 0 radical (unpaired) electrons. The van der Waals surface area contributed by atoms with Crippen LogP contribution >= 0.6 is 0 Å². The maximum Gasteiger partial charge on any atom is 0.0850 e. The minimum atomic E-state index is 0.142. The summed E-state index contributed by atoms with van der Waals surface area (Å²) in [5.41, 5.74) is 41.4. The molecule has 542 valence electrons. The molecule has 0 spiro atoms. The van der Waals surface area contributed by atoms with Crippen LogP contribution in [-0.4, -0.2) is 39.9 Å². The van der Waals surface area contributed by atoms with Gasteiger partial charge < -0.3 is 19.9 Å². The molecule has 16 bridgehead atoms. The van der Waals surface area contributed by atoms with Crippen LogP contribution in [0.5, 0.6) is 0 Å². The van der Waals surface area contributed by atoms with Crippen molar-refractivity contribution < 1.29 is 0 Å². The standard InChI is InChI=1S/C100H102N8/c1-17-51-55(21-5)73-47-77-59(25-9)63(29-13)93(105-77)67(94-64(30-14)60(26-10)78(106-94)48-74-56(22-6)52(18-2)70(102-74)45-69(51)101-73)39-33-35-41-97-81-87-82(97)89-83(97)88(81)99(87,89)43-37-38-44-100-90-84-91(100)86-92(100)85(90)98(84,86)42-36-34-40-68-95-65(31-15)61(27-11)79(107-95)49-75-57(23-7)53(19-3)71(103-75)46-72-54(20-4)58(24-8)76(104-72)50-80-62(28-12)66(32-16)96(68)108-80/h45-50,81-92,101,103,105,108H,17-32H2,1-16H3. The zero-order valence-corrected chi connectivity index (χ0v) is 66.5. The fraction of sp³-hybridized carbons (Fsp3) is 0.480. The van der Waals surface area contributed by atoms with Gasteiger partial charge in [-0.3, -0.25) is 0 Å². The van der Waals surface area contributed by atoms with Crippen molar-refractivity contribution in [2.45, 2.75) is 214 Å². The molecule has 0 unspecified atom stereocenters. The minimum Gasteiger partial charge on any atom is -0.355 e. The average molecular weight is 1420 g/mol. The third-order valence-corrected chi connectivity index (χ3v) is 31.2. The molecule has 8 nitrogen and oxygen atoms in total. The van der Waals surface area contributed by atoms with Gasteiger partial charge in [0.2, 0.25) is 0 Å². The zero-order valence-electron chi connectivity index (χ0n) is 66.5. The van der Waals surface area contributed by atoms with Gasteiger partial charge in [-0.1, -0.05) is 134 Å². The largest absolute Gasteiger partial charge is 0.355 e. The Kier molecular flexibility index (Phi) is 15.1. The van der Waals surface area contributed by atoms with Gasteiger partial charge in [-0.25, -0.2) is 19.9 Å². The topological polar surface area (TPSA) is 115 Å². The third-order valence-electron chi connectivity index (χ3n) is 31.2. The van der Waals surface area contributed by atoms with Crippen LogP contribution in [-0.2, 0) is 51.4 Å². The second-order valence-electron chi connectivity index (χ2n) is 33.7. The molecule has 6 aromatic rings. The predicted octanol–water partition coefficient (Wildman–Crippen LogP) is 21.3. The van der Waals surface area contributed by atoms with Crippen molar-refractivity contribution in [2.24, 2.45) is 92.7 Å². The van der Waals surface area contributed by atoms with Crippen LogP contribution in [0.15, 0.2) is 36.4 Å². The first kappa shape index (κ1) is 67.9. The van der Waals surface area contributed by atoms with E-state index in [0.29, 0.717) is 71.0 Å². The molecule has 12 fully saturated rings. The number of H-pyrrole nitrogens is 4. The smallest absolute Gasteiger partial charge is 0.0850 e. The Morgan fingerprint density at radius 2 is 0.463 bits per heavy atom. The van der Waals surface area contributed by atoms with Gasteiger partial charge in [-0.05, 0) is 347 Å². The molecule has 10 heterocycles. The summed E-state index contributed by atoms with van der Waals surface area (Å²) < 4.78 is 0. The Bertz CT molecular complexity index is 5860. The van der Waals surface area contributed by atoms with E-state index in [1.807, 2.05) is 0 Å². The lowest BCUT2D eigenvalue weighted by Crippen LogP contribution is -3.09. The summed E-state index contributed by atoms with van der Waals surface area (Å²) in [6, 6.07) is 14.0. The molecular weight excluding hydrogens is 1310 g/mol. The van der Waals surface area contributed by atoms with Crippen LogP contribution in [0.4, 0.5) is 0 Å². The maximum absolute atomic E-state index is 5.68. The van der Waals surface area contributed by atoms with Crippen molar-refractivity contribution in [1.82, 2.24) is 39.9 Å². The first-order chi connectivity index (χ1) is 52.8. The van der Waals surface area contributed by atoms with E-state index in [9.17, 15) is 0 Å². The zero-order chi connectivity index (χ0) is 74.3. The van der Waals surface area contributed by atoms with Gasteiger partial charge in [0.25, 0.3) is 0 Å². The average Bonchev–Trinajstić information content (AvgIpc) is 0.621. The number of hydrogen-bond donors (Lipinski definition) is 4. The summed E-state index contributed by atoms with van der Waals surface area (Å²) in [4.78, 5) is 38.3. The number of nitrogens with zero attached hydrogens (tertiary/aromatic N) is 4. The molecule has 4 N–H and O–H groups in total. The molecule has 8 heteroatoms. The van der Waals surface area contributed by atoms with Crippen LogP contribution in [0, 0.1) is 164 Å². The Morgan fingerprint density at radius 3 is 0.750 bits per heavy atom. The van der Waals surface area contributed by atoms with Gasteiger partial charge in [-0.2, -0.15) is 0 Å². The van der Waals surface area contributed by atoms with Crippen LogP contribution in [0.1, 0.15) is 263 Å². The lowest BCUT2D eigenvalue weighted by atomic mass is 8.92. The Balaban J connectivity index is 0.584. The van der Waals surface area contributed by atoms with Crippen molar-refractivity contribution >= 4 is 88.7 Å². The third kappa shape index (κ3) is 7.83. The SMILES string of the molecule is CCC1=C(CC)c2cc3[nH]c(cc4[nH]c(c(C#CC#CC56C7C8C5C5C6C7C85C#CC#CC56C7C8C5C5C6C7C85C#CC#Cc5c6nc(cc7[nH]c(cc8nc(cc9[nH]c5c(CC)c9CC)C(CC)=C8CC)c(CC)c7CC)C(CC)=C6CC)c5nc(cc1n2)C(CC)=C5CC)c(CC)c4CC)c(CC)c3CC. The predicted molar refractivity (Wildman–Crippen MR) is 443 cm³/mol. The summed E-state index contributed by atoms with van der Waals surface area (Å²) in [7, 11) is 0. The van der Waals surface area contributed by atoms with Gasteiger partial charge in [0.15, 0.2) is 0 Å². The number of hydrogen-bond acceptors (Lipinski definition) is 4. The highest BCUT2D eigenvalue weighted by Crippen LogP contribution is 3.11. The Morgan fingerprint density at radius 1 is 0.241 bits per heavy atom. The van der Waals surface area contributed by atoms with Gasteiger partial charge in [0.1, 0.15) is 0 Å². The Labute approximate surface area is 639 Å². The molecule has 4 aliphatic heterocycles. The molecule has 0 atom stereocenters. The minimum absolute atomic E-state index is 0.142. The van der Waals surface area contributed by atoms with E-state index in [2.05, 4.69) is 238 Å². The van der Waals surface area contributed by atoms with E-state index in [1.165, 1.54) is 100 Å². The molecule has 6 aromatic heterocycles. The van der Waals surface area contributed by atoms with Crippen molar-refractivity contribution in [3.05, 3.63) is 138 Å². The molecule has 0 aromatic carbocycles. The molecular formula is C100H102N8. The number of aromatic amines is 4. The summed E-state index contributed by atoms with van der Waals surface area (Å²) in [6.45, 7) is 36.6. The summed E-state index contributed by atoms with van der Waals surface area (Å²) >= 11 is 0. The fourth-order valence-electron chi connectivity index (χ4n) is 27.4. The van der Waals surface area contributed by atoms with Crippen LogP contribution in [0.3, 0.4) is 0 Å².